The van der Waals surface area contributed by atoms with Gasteiger partial charge in [-0.1, -0.05) is 304 Å². The quantitative estimate of drug-likeness (QED) is 0.0593. The minimum absolute atomic E-state index is 0.0244. The van der Waals surface area contributed by atoms with Crippen molar-refractivity contribution in [3.05, 3.63) is 0 Å². The number of unbranched alkanes of at least 4 members (excludes halogenated alkanes) is 40. The Morgan fingerprint density at radius 3 is 0.800 bits per heavy atom. The summed E-state index contributed by atoms with van der Waals surface area (Å²) < 4.78 is 0. The maximum Gasteiger partial charge on any atom is 0.326 e. The first-order chi connectivity index (χ1) is 31.8. The highest BCUT2D eigenvalue weighted by molar-refractivity contribution is 5.85. The Hall–Kier alpha value is -1.59. The molecule has 0 aromatic heterocycles. The van der Waals surface area contributed by atoms with Gasteiger partial charge in [0.25, 0.3) is 0 Å². The SMILES string of the molecule is CCCCCCCCCCCCCCCCCCCCCCC(CCCCCCCC)(CCCCCCCCCCC)N(C(=O)CCCCCCCCCCC)[C@@H](CCC(=O)O)C(=O)O. The van der Waals surface area contributed by atoms with Crippen molar-refractivity contribution in [3.63, 3.8) is 0 Å². The standard InChI is InChI=1S/C59H115NO5/c1-5-9-13-17-21-24-25-26-27-28-29-30-31-32-33-34-37-40-44-48-54-59(52-46-42-20-16-12-8-4,53-47-43-39-36-23-19-15-11-7-3)60(55(58(64)65)50-51-57(62)63)56(61)49-45-41-38-35-22-18-14-10-6-2/h55H,5-54H2,1-4H3,(H,62,63)(H,64,65)/t55-,59?/m0/s1. The van der Waals surface area contributed by atoms with Crippen LogP contribution >= 0.6 is 0 Å². The second-order valence-electron chi connectivity index (χ2n) is 20.9. The van der Waals surface area contributed by atoms with E-state index in [1.54, 1.807) is 0 Å². The number of nitrogens with zero attached hydrogens (tertiary/aromatic N) is 1. The predicted molar refractivity (Wildman–Crippen MR) is 282 cm³/mol. The molecule has 6 heteroatoms. The van der Waals surface area contributed by atoms with Crippen LogP contribution in [-0.2, 0) is 14.4 Å². The molecule has 0 heterocycles. The molecule has 0 fully saturated rings. The Morgan fingerprint density at radius 2 is 0.569 bits per heavy atom. The molecule has 386 valence electrons. The second kappa shape index (κ2) is 48.9. The van der Waals surface area contributed by atoms with E-state index in [4.69, 9.17) is 0 Å². The van der Waals surface area contributed by atoms with Gasteiger partial charge in [-0.3, -0.25) is 9.59 Å². The number of hydrogen-bond acceptors (Lipinski definition) is 3. The monoisotopic (exact) mass is 918 g/mol. The summed E-state index contributed by atoms with van der Waals surface area (Å²) in [6.45, 7) is 9.05. The Labute approximate surface area is 406 Å². The van der Waals surface area contributed by atoms with Gasteiger partial charge in [0.05, 0.1) is 0 Å². The van der Waals surface area contributed by atoms with Crippen LogP contribution in [0.5, 0.6) is 0 Å². The van der Waals surface area contributed by atoms with Crippen LogP contribution in [-0.4, -0.2) is 44.5 Å². The predicted octanol–water partition coefficient (Wildman–Crippen LogP) is 19.7. The highest BCUT2D eigenvalue weighted by Gasteiger charge is 2.44. The van der Waals surface area contributed by atoms with E-state index < -0.39 is 23.5 Å². The zero-order valence-electron chi connectivity index (χ0n) is 44.5. The zero-order valence-corrected chi connectivity index (χ0v) is 44.5. The van der Waals surface area contributed by atoms with Crippen molar-refractivity contribution in [3.8, 4) is 0 Å². The third-order valence-corrected chi connectivity index (χ3v) is 14.7. The van der Waals surface area contributed by atoms with E-state index in [1.807, 2.05) is 4.90 Å². The number of aliphatic carboxylic acids is 2. The van der Waals surface area contributed by atoms with E-state index in [9.17, 15) is 24.6 Å². The van der Waals surface area contributed by atoms with Crippen LogP contribution in [0.2, 0.25) is 0 Å². The lowest BCUT2D eigenvalue weighted by Crippen LogP contribution is -2.59. The summed E-state index contributed by atoms with van der Waals surface area (Å²) in [7, 11) is 0. The van der Waals surface area contributed by atoms with Crippen molar-refractivity contribution in [2.45, 2.75) is 360 Å². The molecule has 0 aromatic carbocycles. The molecule has 0 saturated carbocycles. The summed E-state index contributed by atoms with van der Waals surface area (Å²) in [5.41, 5.74) is -0.544. The first-order valence-electron chi connectivity index (χ1n) is 29.6. The first-order valence-corrected chi connectivity index (χ1v) is 29.6. The third kappa shape index (κ3) is 39.0. The number of carbonyl (C=O) groups is 3. The van der Waals surface area contributed by atoms with Crippen LogP contribution in [0.25, 0.3) is 0 Å². The van der Waals surface area contributed by atoms with Crippen molar-refractivity contribution < 1.29 is 24.6 Å². The number of hydrogen-bond donors (Lipinski definition) is 2. The first kappa shape index (κ1) is 63.4. The molecular weight excluding hydrogens is 803 g/mol. The highest BCUT2D eigenvalue weighted by atomic mass is 16.4. The highest BCUT2D eigenvalue weighted by Crippen LogP contribution is 2.39. The van der Waals surface area contributed by atoms with E-state index in [1.165, 1.54) is 225 Å². The lowest BCUT2D eigenvalue weighted by atomic mass is 9.78. The molecule has 0 aliphatic carbocycles. The summed E-state index contributed by atoms with van der Waals surface area (Å²) >= 11 is 0. The van der Waals surface area contributed by atoms with E-state index >= 15 is 0 Å². The molecule has 0 aliphatic heterocycles. The zero-order chi connectivity index (χ0) is 47.7. The van der Waals surface area contributed by atoms with Gasteiger partial charge in [0, 0.05) is 18.4 Å². The second-order valence-corrected chi connectivity index (χ2v) is 20.9. The largest absolute Gasteiger partial charge is 0.481 e. The molecule has 65 heavy (non-hydrogen) atoms. The van der Waals surface area contributed by atoms with Crippen molar-refractivity contribution in [1.82, 2.24) is 4.90 Å². The lowest BCUT2D eigenvalue weighted by molar-refractivity contribution is -0.159. The minimum atomic E-state index is -1.10. The third-order valence-electron chi connectivity index (χ3n) is 14.7. The number of amides is 1. The molecule has 0 aliphatic rings. The van der Waals surface area contributed by atoms with Crippen LogP contribution in [0.15, 0.2) is 0 Å². The van der Waals surface area contributed by atoms with Gasteiger partial charge in [-0.25, -0.2) is 4.79 Å². The Kier molecular flexibility index (Phi) is 47.7. The fraction of sp³-hybridized carbons (Fsp3) is 0.949. The molecule has 1 amide bonds. The molecule has 0 bridgehead atoms. The summed E-state index contributed by atoms with van der Waals surface area (Å²) in [4.78, 5) is 41.8. The van der Waals surface area contributed by atoms with Crippen LogP contribution in [0.3, 0.4) is 0 Å². The van der Waals surface area contributed by atoms with Gasteiger partial charge in [-0.05, 0) is 32.1 Å². The normalized spacial score (nSPS) is 13.0. The molecule has 1 unspecified atom stereocenters. The van der Waals surface area contributed by atoms with Gasteiger partial charge in [0.15, 0.2) is 0 Å². The summed E-state index contributed by atoms with van der Waals surface area (Å²) in [6.07, 6.45) is 57.8. The molecule has 6 nitrogen and oxygen atoms in total. The van der Waals surface area contributed by atoms with Crippen molar-refractivity contribution >= 4 is 17.8 Å². The minimum Gasteiger partial charge on any atom is -0.481 e. The number of carboxylic acid groups (broad SMARTS) is 2. The number of carbonyl (C=O) groups excluding carboxylic acids is 1. The average molecular weight is 919 g/mol. The molecule has 0 radical (unpaired) electrons. The van der Waals surface area contributed by atoms with E-state index in [0.29, 0.717) is 6.42 Å². The Balaban J connectivity index is 5.72. The maximum atomic E-state index is 14.7. The smallest absolute Gasteiger partial charge is 0.326 e. The average Bonchev–Trinajstić information content (AvgIpc) is 3.29. The van der Waals surface area contributed by atoms with Crippen molar-refractivity contribution in [2.75, 3.05) is 0 Å². The number of carboxylic acids is 2. The molecule has 0 spiro atoms. The summed E-state index contributed by atoms with van der Waals surface area (Å²) in [6, 6.07) is -1.10. The van der Waals surface area contributed by atoms with Gasteiger partial charge < -0.3 is 15.1 Å². The summed E-state index contributed by atoms with van der Waals surface area (Å²) in [5.74, 6) is -2.06. The Morgan fingerprint density at radius 1 is 0.338 bits per heavy atom. The van der Waals surface area contributed by atoms with Crippen LogP contribution in [0.4, 0.5) is 0 Å². The van der Waals surface area contributed by atoms with Gasteiger partial charge in [-0.2, -0.15) is 0 Å². The van der Waals surface area contributed by atoms with E-state index in [-0.39, 0.29) is 18.7 Å². The van der Waals surface area contributed by atoms with Crippen molar-refractivity contribution in [1.29, 1.82) is 0 Å². The van der Waals surface area contributed by atoms with Gasteiger partial charge in [-0.15, -0.1) is 0 Å². The summed E-state index contributed by atoms with van der Waals surface area (Å²) in [5, 5.41) is 20.6. The van der Waals surface area contributed by atoms with Crippen molar-refractivity contribution in [2.24, 2.45) is 0 Å². The fourth-order valence-electron chi connectivity index (χ4n) is 10.5. The molecule has 0 saturated heterocycles. The topological polar surface area (TPSA) is 94.9 Å². The number of rotatable bonds is 54. The Bertz CT molecular complexity index is 1030. The van der Waals surface area contributed by atoms with Gasteiger partial charge in [0.2, 0.25) is 5.91 Å². The van der Waals surface area contributed by atoms with Gasteiger partial charge >= 0.3 is 11.9 Å². The van der Waals surface area contributed by atoms with Crippen LogP contribution in [0, 0.1) is 0 Å². The molecule has 0 rings (SSSR count). The molecule has 2 N–H and O–H groups in total. The maximum absolute atomic E-state index is 14.7. The van der Waals surface area contributed by atoms with Gasteiger partial charge in [0.1, 0.15) is 6.04 Å². The van der Waals surface area contributed by atoms with E-state index in [2.05, 4.69) is 27.7 Å². The van der Waals surface area contributed by atoms with E-state index in [0.717, 1.165) is 77.0 Å². The van der Waals surface area contributed by atoms with Crippen LogP contribution < -0.4 is 0 Å². The van der Waals surface area contributed by atoms with Crippen LogP contribution in [0.1, 0.15) is 349 Å². The molecular formula is C59H115NO5. The fourth-order valence-corrected chi connectivity index (χ4v) is 10.5. The lowest BCUT2D eigenvalue weighted by Gasteiger charge is -2.48. The molecule has 2 atom stereocenters. The molecule has 0 aromatic rings.